The van der Waals surface area contributed by atoms with Gasteiger partial charge in [-0.05, 0) is 40.2 Å². The topological polar surface area (TPSA) is 66.9 Å². The number of rotatable bonds is 7. The van der Waals surface area contributed by atoms with Gasteiger partial charge in [-0.25, -0.2) is 4.98 Å². The number of nitrogens with one attached hydrogen (secondary N) is 1. The molecule has 4 rings (SSSR count). The third kappa shape index (κ3) is 4.56. The zero-order chi connectivity index (χ0) is 21.1. The van der Waals surface area contributed by atoms with Crippen LogP contribution in [0.3, 0.4) is 0 Å². The van der Waals surface area contributed by atoms with Crippen molar-refractivity contribution in [1.29, 1.82) is 0 Å². The molecule has 1 fully saturated rings. The average molecular weight is 511 g/mol. The first-order chi connectivity index (χ1) is 14.6. The van der Waals surface area contributed by atoms with Crippen LogP contribution in [0, 0.1) is 0 Å². The average Bonchev–Trinajstić information content (AvgIpc) is 3.39. The Morgan fingerprint density at radius 1 is 1.13 bits per heavy atom. The number of ether oxygens (including phenoxy) is 2. The van der Waals surface area contributed by atoms with Crippen LogP contribution in [0.25, 0.3) is 10.2 Å². The summed E-state index contributed by atoms with van der Waals surface area (Å²) in [4.78, 5) is 22.4. The number of thiazole rings is 1. The fourth-order valence-electron chi connectivity index (χ4n) is 3.45. The molecule has 2 aromatic heterocycles. The highest BCUT2D eigenvalue weighted by atomic mass is 79.9. The van der Waals surface area contributed by atoms with Gasteiger partial charge in [-0.2, -0.15) is 0 Å². The van der Waals surface area contributed by atoms with Crippen molar-refractivity contribution >= 4 is 59.9 Å². The van der Waals surface area contributed by atoms with Gasteiger partial charge in [0.05, 0.1) is 27.6 Å². The molecule has 0 saturated carbocycles. The Morgan fingerprint density at radius 2 is 1.93 bits per heavy atom. The van der Waals surface area contributed by atoms with Crippen LogP contribution in [0.5, 0.6) is 11.5 Å². The zero-order valence-corrected chi connectivity index (χ0v) is 20.0. The number of carbonyl (C=O) groups is 1. The molecule has 1 aliphatic rings. The summed E-state index contributed by atoms with van der Waals surface area (Å²) in [6, 6.07) is 7.69. The van der Waals surface area contributed by atoms with Crippen molar-refractivity contribution in [3.63, 3.8) is 0 Å². The van der Waals surface area contributed by atoms with E-state index >= 15 is 0 Å². The highest BCUT2D eigenvalue weighted by Gasteiger charge is 2.22. The molecule has 0 bridgehead atoms. The summed E-state index contributed by atoms with van der Waals surface area (Å²) in [5, 5.41) is 4.01. The van der Waals surface area contributed by atoms with Gasteiger partial charge in [-0.1, -0.05) is 11.3 Å². The molecule has 3 aromatic rings. The number of anilines is 1. The van der Waals surface area contributed by atoms with Crippen molar-refractivity contribution in [3.8, 4) is 11.5 Å². The minimum atomic E-state index is -0.0109. The van der Waals surface area contributed by atoms with Gasteiger partial charge in [0.1, 0.15) is 5.52 Å². The van der Waals surface area contributed by atoms with Gasteiger partial charge in [0.25, 0.3) is 5.91 Å². The third-order valence-electron chi connectivity index (χ3n) is 5.04. The number of carbonyl (C=O) groups excluding carboxylic acids is 1. The zero-order valence-electron chi connectivity index (χ0n) is 16.8. The number of fused-ring (bicyclic) bond motifs is 1. The molecule has 1 N–H and O–H groups in total. The number of amides is 1. The predicted octanol–water partition coefficient (Wildman–Crippen LogP) is 3.69. The van der Waals surface area contributed by atoms with E-state index in [1.54, 1.807) is 25.6 Å². The van der Waals surface area contributed by atoms with Gasteiger partial charge in [0.15, 0.2) is 16.6 Å². The van der Waals surface area contributed by atoms with E-state index in [2.05, 4.69) is 31.0 Å². The number of hydrogen-bond acceptors (Lipinski definition) is 8. The van der Waals surface area contributed by atoms with Gasteiger partial charge >= 0.3 is 0 Å². The largest absolute Gasteiger partial charge is 0.493 e. The number of hydrogen-bond donors (Lipinski definition) is 1. The van der Waals surface area contributed by atoms with Crippen LogP contribution in [-0.4, -0.2) is 69.3 Å². The van der Waals surface area contributed by atoms with Crippen LogP contribution in [0.15, 0.2) is 28.1 Å². The summed E-state index contributed by atoms with van der Waals surface area (Å²) in [5.41, 5.74) is 0.849. The number of halogens is 1. The van der Waals surface area contributed by atoms with E-state index in [1.165, 1.54) is 11.3 Å². The summed E-state index contributed by atoms with van der Waals surface area (Å²) in [6.45, 7) is 5.19. The molecular formula is C20H23BrN4O3S2. The maximum atomic E-state index is 12.1. The second-order valence-corrected chi connectivity index (χ2v) is 10.3. The molecule has 1 amide bonds. The van der Waals surface area contributed by atoms with Crippen molar-refractivity contribution in [2.24, 2.45) is 0 Å². The standard InChI is InChI=1S/C20H23BrN4O3S2/c1-27-13-3-4-14-17(18(13)28-2)23-20(30-14)25-11-9-24(10-12-25)8-7-22-19(26)15-5-6-16(21)29-15/h3-6H,7-12H2,1-2H3,(H,22,26). The maximum absolute atomic E-state index is 12.1. The molecule has 1 saturated heterocycles. The fraction of sp³-hybridized carbons (Fsp3) is 0.400. The van der Waals surface area contributed by atoms with Crippen molar-refractivity contribution < 1.29 is 14.3 Å². The SMILES string of the molecule is COc1ccc2sc(N3CCN(CCNC(=O)c4ccc(Br)s4)CC3)nc2c1OC. The Hall–Kier alpha value is -1.88. The van der Waals surface area contributed by atoms with Gasteiger partial charge in [-0.15, -0.1) is 11.3 Å². The lowest BCUT2D eigenvalue weighted by Gasteiger charge is -2.34. The molecule has 0 atom stereocenters. The molecule has 1 aromatic carbocycles. The predicted molar refractivity (Wildman–Crippen MR) is 126 cm³/mol. The molecule has 0 spiro atoms. The monoisotopic (exact) mass is 510 g/mol. The van der Waals surface area contributed by atoms with Crippen LogP contribution in [0.4, 0.5) is 5.13 Å². The minimum Gasteiger partial charge on any atom is -0.493 e. The Bertz CT molecular complexity index is 1030. The van der Waals surface area contributed by atoms with E-state index in [0.717, 1.165) is 56.7 Å². The lowest BCUT2D eigenvalue weighted by Crippen LogP contribution is -2.48. The van der Waals surface area contributed by atoms with Gasteiger partial charge in [0.2, 0.25) is 0 Å². The summed E-state index contributed by atoms with van der Waals surface area (Å²) in [5.74, 6) is 1.37. The molecule has 0 radical (unpaired) electrons. The summed E-state index contributed by atoms with van der Waals surface area (Å²) >= 11 is 6.51. The molecule has 30 heavy (non-hydrogen) atoms. The van der Waals surface area contributed by atoms with Gasteiger partial charge < -0.3 is 19.7 Å². The highest BCUT2D eigenvalue weighted by molar-refractivity contribution is 9.11. The first-order valence-electron chi connectivity index (χ1n) is 9.61. The van der Waals surface area contributed by atoms with Crippen LogP contribution in [0.2, 0.25) is 0 Å². The molecule has 10 heteroatoms. The number of methoxy groups -OCH3 is 2. The first-order valence-corrected chi connectivity index (χ1v) is 12.0. The lowest BCUT2D eigenvalue weighted by atomic mass is 10.3. The maximum Gasteiger partial charge on any atom is 0.261 e. The number of benzene rings is 1. The first kappa shape index (κ1) is 21.4. The van der Waals surface area contributed by atoms with Gasteiger partial charge in [-0.3, -0.25) is 9.69 Å². The van der Waals surface area contributed by atoms with Crippen LogP contribution < -0.4 is 19.7 Å². The third-order valence-corrected chi connectivity index (χ3v) is 7.75. The number of nitrogens with zero attached hydrogens (tertiary/aromatic N) is 3. The lowest BCUT2D eigenvalue weighted by molar-refractivity contribution is 0.0952. The Balaban J connectivity index is 1.30. The number of aromatic nitrogens is 1. The second kappa shape index (κ2) is 9.51. The van der Waals surface area contributed by atoms with Gasteiger partial charge in [0, 0.05) is 39.3 Å². The van der Waals surface area contributed by atoms with Crippen LogP contribution in [-0.2, 0) is 0 Å². The molecule has 160 valence electrons. The summed E-state index contributed by atoms with van der Waals surface area (Å²) < 4.78 is 13.0. The van der Waals surface area contributed by atoms with E-state index in [0.29, 0.717) is 18.0 Å². The number of piperazine rings is 1. The van der Waals surface area contributed by atoms with E-state index in [1.807, 2.05) is 24.3 Å². The van der Waals surface area contributed by atoms with Crippen LogP contribution in [0.1, 0.15) is 9.67 Å². The smallest absolute Gasteiger partial charge is 0.261 e. The quantitative estimate of drug-likeness (QED) is 0.522. The molecule has 3 heterocycles. The highest BCUT2D eigenvalue weighted by Crippen LogP contribution is 2.40. The van der Waals surface area contributed by atoms with Crippen molar-refractivity contribution in [3.05, 3.63) is 32.9 Å². The van der Waals surface area contributed by atoms with Crippen LogP contribution >= 0.6 is 38.6 Å². The van der Waals surface area contributed by atoms with E-state index in [-0.39, 0.29) is 5.91 Å². The second-order valence-electron chi connectivity index (χ2n) is 6.83. The molecule has 0 unspecified atom stereocenters. The molecule has 1 aliphatic heterocycles. The van der Waals surface area contributed by atoms with E-state index in [9.17, 15) is 4.79 Å². The number of thiophene rings is 1. The Labute approximate surface area is 191 Å². The van der Waals surface area contributed by atoms with Crippen molar-refractivity contribution in [1.82, 2.24) is 15.2 Å². The fourth-order valence-corrected chi connectivity index (χ4v) is 5.77. The minimum absolute atomic E-state index is 0.0109. The molecule has 0 aliphatic carbocycles. The normalized spacial score (nSPS) is 14.8. The van der Waals surface area contributed by atoms with E-state index < -0.39 is 0 Å². The van der Waals surface area contributed by atoms with E-state index in [4.69, 9.17) is 14.5 Å². The summed E-state index contributed by atoms with van der Waals surface area (Å²) in [7, 11) is 3.28. The van der Waals surface area contributed by atoms with Crippen molar-refractivity contribution in [2.45, 2.75) is 0 Å². The van der Waals surface area contributed by atoms with Crippen molar-refractivity contribution in [2.75, 3.05) is 58.4 Å². The Morgan fingerprint density at radius 3 is 2.60 bits per heavy atom. The summed E-state index contributed by atoms with van der Waals surface area (Å²) in [6.07, 6.45) is 0. The molecule has 7 nitrogen and oxygen atoms in total. The Kier molecular flexibility index (Phi) is 6.77. The molecular weight excluding hydrogens is 488 g/mol.